The normalized spacial score (nSPS) is 15.9. The maximum atomic E-state index is 11.5. The van der Waals surface area contributed by atoms with E-state index in [1.54, 1.807) is 0 Å². The molecule has 1 aliphatic rings. The molecule has 0 bridgehead atoms. The standard InChI is InChI=1S/C17H17N3O2/c1-2-14-18-15-12-5-3-4-6-13(12)22-16(15)17(19-14)20-9-7-11(21)8-10-20/h3-6H,2,7-10H2,1H3. The number of piperidine rings is 1. The number of aryl methyl sites for hydroxylation is 1. The van der Waals surface area contributed by atoms with Crippen LogP contribution in [0.4, 0.5) is 5.82 Å². The van der Waals surface area contributed by atoms with Crippen LogP contribution in [0.2, 0.25) is 0 Å². The second kappa shape index (κ2) is 5.09. The van der Waals surface area contributed by atoms with Crippen LogP contribution in [-0.4, -0.2) is 28.8 Å². The molecule has 1 fully saturated rings. The number of carbonyl (C=O) groups excluding carboxylic acids is 1. The topological polar surface area (TPSA) is 59.2 Å². The van der Waals surface area contributed by atoms with E-state index in [-0.39, 0.29) is 0 Å². The van der Waals surface area contributed by atoms with Crippen LogP contribution in [0.1, 0.15) is 25.6 Å². The Balaban J connectivity index is 1.94. The summed E-state index contributed by atoms with van der Waals surface area (Å²) in [6, 6.07) is 7.92. The van der Waals surface area contributed by atoms with Gasteiger partial charge in [0.2, 0.25) is 0 Å². The zero-order valence-corrected chi connectivity index (χ0v) is 12.5. The summed E-state index contributed by atoms with van der Waals surface area (Å²) in [4.78, 5) is 23.0. The zero-order chi connectivity index (χ0) is 15.1. The number of nitrogens with zero attached hydrogens (tertiary/aromatic N) is 3. The van der Waals surface area contributed by atoms with Crippen LogP contribution in [0.5, 0.6) is 0 Å². The minimum absolute atomic E-state index is 0.321. The van der Waals surface area contributed by atoms with Crippen molar-refractivity contribution < 1.29 is 9.21 Å². The van der Waals surface area contributed by atoms with E-state index in [0.717, 1.165) is 40.1 Å². The minimum Gasteiger partial charge on any atom is -0.450 e. The summed E-state index contributed by atoms with van der Waals surface area (Å²) in [6.07, 6.45) is 1.93. The number of aromatic nitrogens is 2. The fourth-order valence-electron chi connectivity index (χ4n) is 2.96. The number of hydrogen-bond acceptors (Lipinski definition) is 5. The van der Waals surface area contributed by atoms with E-state index in [9.17, 15) is 4.79 Å². The summed E-state index contributed by atoms with van der Waals surface area (Å²) < 4.78 is 6.01. The molecule has 5 nitrogen and oxygen atoms in total. The Hall–Kier alpha value is -2.43. The van der Waals surface area contributed by atoms with Gasteiger partial charge in [-0.25, -0.2) is 9.97 Å². The first kappa shape index (κ1) is 13.2. The fraction of sp³-hybridized carbons (Fsp3) is 0.353. The molecular formula is C17H17N3O2. The molecule has 0 unspecified atom stereocenters. The number of ketones is 1. The van der Waals surface area contributed by atoms with E-state index in [1.807, 2.05) is 31.2 Å². The third-order valence-electron chi connectivity index (χ3n) is 4.19. The van der Waals surface area contributed by atoms with Gasteiger partial charge < -0.3 is 9.32 Å². The number of hydrogen-bond donors (Lipinski definition) is 0. The van der Waals surface area contributed by atoms with Crippen LogP contribution in [0.25, 0.3) is 22.1 Å². The van der Waals surface area contributed by atoms with Crippen molar-refractivity contribution in [1.29, 1.82) is 0 Å². The van der Waals surface area contributed by atoms with Gasteiger partial charge in [-0.05, 0) is 12.1 Å². The number of carbonyl (C=O) groups is 1. The molecular weight excluding hydrogens is 278 g/mol. The van der Waals surface area contributed by atoms with Gasteiger partial charge in [-0.15, -0.1) is 0 Å². The summed E-state index contributed by atoms with van der Waals surface area (Å²) in [5.74, 6) is 1.96. The van der Waals surface area contributed by atoms with Crippen molar-refractivity contribution in [3.8, 4) is 0 Å². The van der Waals surface area contributed by atoms with E-state index in [2.05, 4.69) is 14.9 Å². The Morgan fingerprint density at radius 3 is 2.73 bits per heavy atom. The molecule has 2 aromatic heterocycles. The van der Waals surface area contributed by atoms with Crippen LogP contribution >= 0.6 is 0 Å². The number of rotatable bonds is 2. The van der Waals surface area contributed by atoms with E-state index >= 15 is 0 Å². The number of benzene rings is 1. The molecule has 3 aromatic rings. The molecule has 0 atom stereocenters. The first-order chi connectivity index (χ1) is 10.8. The highest BCUT2D eigenvalue weighted by Crippen LogP contribution is 2.33. The highest BCUT2D eigenvalue weighted by Gasteiger charge is 2.23. The van der Waals surface area contributed by atoms with Crippen molar-refractivity contribution in [2.75, 3.05) is 18.0 Å². The van der Waals surface area contributed by atoms with Gasteiger partial charge in [-0.1, -0.05) is 19.1 Å². The van der Waals surface area contributed by atoms with Gasteiger partial charge in [0.1, 0.15) is 22.7 Å². The lowest BCUT2D eigenvalue weighted by Crippen LogP contribution is -2.34. The molecule has 0 spiro atoms. The van der Waals surface area contributed by atoms with Gasteiger partial charge in [-0.2, -0.15) is 0 Å². The average Bonchev–Trinajstić information content (AvgIpc) is 2.93. The SMILES string of the molecule is CCc1nc(N2CCC(=O)CC2)c2oc3ccccc3c2n1. The van der Waals surface area contributed by atoms with Crippen molar-refractivity contribution in [1.82, 2.24) is 9.97 Å². The van der Waals surface area contributed by atoms with Gasteiger partial charge in [-0.3, -0.25) is 4.79 Å². The van der Waals surface area contributed by atoms with Crippen molar-refractivity contribution in [3.05, 3.63) is 30.1 Å². The lowest BCUT2D eigenvalue weighted by atomic mass is 10.1. The summed E-state index contributed by atoms with van der Waals surface area (Å²) in [6.45, 7) is 3.45. The average molecular weight is 295 g/mol. The van der Waals surface area contributed by atoms with E-state index in [0.29, 0.717) is 31.7 Å². The lowest BCUT2D eigenvalue weighted by Gasteiger charge is -2.27. The van der Waals surface area contributed by atoms with Gasteiger partial charge in [0.05, 0.1) is 0 Å². The Morgan fingerprint density at radius 2 is 1.95 bits per heavy atom. The van der Waals surface area contributed by atoms with Gasteiger partial charge in [0, 0.05) is 37.7 Å². The summed E-state index contributed by atoms with van der Waals surface area (Å²) in [5, 5.41) is 1.02. The summed E-state index contributed by atoms with van der Waals surface area (Å²) in [5.41, 5.74) is 2.43. The molecule has 112 valence electrons. The Kier molecular flexibility index (Phi) is 3.06. The highest BCUT2D eigenvalue weighted by molar-refractivity contribution is 6.05. The molecule has 5 heteroatoms. The maximum Gasteiger partial charge on any atom is 0.196 e. The summed E-state index contributed by atoms with van der Waals surface area (Å²) in [7, 11) is 0. The van der Waals surface area contributed by atoms with Crippen molar-refractivity contribution in [2.24, 2.45) is 0 Å². The van der Waals surface area contributed by atoms with E-state index in [1.165, 1.54) is 0 Å². The number of furan rings is 1. The molecule has 0 aliphatic carbocycles. The molecule has 0 saturated carbocycles. The largest absolute Gasteiger partial charge is 0.450 e. The van der Waals surface area contributed by atoms with Crippen LogP contribution in [0.15, 0.2) is 28.7 Å². The Morgan fingerprint density at radius 1 is 1.18 bits per heavy atom. The number of Topliss-reactive ketones (excluding diaryl/α,β-unsaturated/α-hetero) is 1. The predicted octanol–water partition coefficient (Wildman–Crippen LogP) is 3.11. The molecule has 22 heavy (non-hydrogen) atoms. The highest BCUT2D eigenvalue weighted by atomic mass is 16.3. The second-order valence-corrected chi connectivity index (χ2v) is 5.62. The fourth-order valence-corrected chi connectivity index (χ4v) is 2.96. The van der Waals surface area contributed by atoms with E-state index in [4.69, 9.17) is 4.42 Å². The quantitative estimate of drug-likeness (QED) is 0.727. The Bertz CT molecular complexity index is 859. The van der Waals surface area contributed by atoms with Gasteiger partial charge >= 0.3 is 0 Å². The van der Waals surface area contributed by atoms with Crippen LogP contribution < -0.4 is 4.90 Å². The monoisotopic (exact) mass is 295 g/mol. The van der Waals surface area contributed by atoms with Crippen molar-refractivity contribution >= 4 is 33.7 Å². The maximum absolute atomic E-state index is 11.5. The third kappa shape index (κ3) is 2.04. The molecule has 1 aliphatic heterocycles. The smallest absolute Gasteiger partial charge is 0.196 e. The number of anilines is 1. The molecule has 0 amide bonds. The van der Waals surface area contributed by atoms with Gasteiger partial charge in [0.25, 0.3) is 0 Å². The number of para-hydroxylation sites is 1. The lowest BCUT2D eigenvalue weighted by molar-refractivity contribution is -0.119. The zero-order valence-electron chi connectivity index (χ0n) is 12.5. The first-order valence-electron chi connectivity index (χ1n) is 7.71. The van der Waals surface area contributed by atoms with Gasteiger partial charge in [0.15, 0.2) is 11.4 Å². The number of fused-ring (bicyclic) bond motifs is 3. The molecule has 1 aromatic carbocycles. The van der Waals surface area contributed by atoms with E-state index < -0.39 is 0 Å². The summed E-state index contributed by atoms with van der Waals surface area (Å²) >= 11 is 0. The van der Waals surface area contributed by atoms with Crippen molar-refractivity contribution in [2.45, 2.75) is 26.2 Å². The van der Waals surface area contributed by atoms with Crippen molar-refractivity contribution in [3.63, 3.8) is 0 Å². The first-order valence-corrected chi connectivity index (χ1v) is 7.71. The third-order valence-corrected chi connectivity index (χ3v) is 4.19. The molecule has 0 radical (unpaired) electrons. The molecule has 1 saturated heterocycles. The molecule has 4 rings (SSSR count). The van der Waals surface area contributed by atoms with Crippen LogP contribution in [-0.2, 0) is 11.2 Å². The molecule has 3 heterocycles. The predicted molar refractivity (Wildman–Crippen MR) is 85.1 cm³/mol. The molecule has 0 N–H and O–H groups in total. The van der Waals surface area contributed by atoms with Crippen LogP contribution in [0.3, 0.4) is 0 Å². The second-order valence-electron chi connectivity index (χ2n) is 5.62. The van der Waals surface area contributed by atoms with Crippen LogP contribution in [0, 0.1) is 0 Å². The Labute approximate surface area is 127 Å². The minimum atomic E-state index is 0.321.